The van der Waals surface area contributed by atoms with Crippen LogP contribution in [0.15, 0.2) is 67.9 Å². The van der Waals surface area contributed by atoms with E-state index in [9.17, 15) is 31.1 Å². The largest absolute Gasteiger partial charge is 0.471 e. The Morgan fingerprint density at radius 2 is 1.32 bits per heavy atom. The number of nitrogens with zero attached hydrogens (tertiary/aromatic N) is 6. The fourth-order valence-corrected chi connectivity index (χ4v) is 3.31. The molecule has 3 heterocycles. The summed E-state index contributed by atoms with van der Waals surface area (Å²) >= 11 is 0. The minimum Gasteiger partial charge on any atom is -0.466 e. The van der Waals surface area contributed by atoms with Crippen molar-refractivity contribution in [3.8, 4) is 22.8 Å². The number of carbonyl (C=O) groups is 1. The number of aliphatic hydroxyl groups is 1. The molecule has 2 N–H and O–H groups in total. The van der Waals surface area contributed by atoms with E-state index in [1.165, 1.54) is 37.6 Å². The van der Waals surface area contributed by atoms with Crippen LogP contribution in [0.1, 0.15) is 29.3 Å². The van der Waals surface area contributed by atoms with Gasteiger partial charge in [0, 0.05) is 24.7 Å². The van der Waals surface area contributed by atoms with Gasteiger partial charge in [-0.2, -0.15) is 36.3 Å². The smallest absolute Gasteiger partial charge is 0.466 e. The number of oxime groups is 2. The number of hydrogen-bond acceptors (Lipinski definition) is 13. The molecular weight excluding hydrogens is 610 g/mol. The average molecular weight is 630 g/mol. The third-order valence-electron chi connectivity index (χ3n) is 5.32. The van der Waals surface area contributed by atoms with Crippen LogP contribution in [0.4, 0.5) is 26.3 Å². The molecule has 0 spiro atoms. The lowest BCUT2D eigenvalue weighted by atomic mass is 10.0. The number of ether oxygens (including phenoxy) is 1. The number of hydrogen-bond donors (Lipinski definition) is 2. The van der Waals surface area contributed by atoms with Crippen LogP contribution in [0.5, 0.6) is 0 Å². The average Bonchev–Trinajstić information content (AvgIpc) is 3.80. The monoisotopic (exact) mass is 630 g/mol. The van der Waals surface area contributed by atoms with Crippen LogP contribution in [0.25, 0.3) is 22.8 Å². The Kier molecular flexibility index (Phi) is 10.7. The molecule has 2 aromatic carbocycles. The van der Waals surface area contributed by atoms with Gasteiger partial charge in [0.05, 0.1) is 19.0 Å². The second-order valence-electron chi connectivity index (χ2n) is 8.15. The van der Waals surface area contributed by atoms with Crippen molar-refractivity contribution < 1.29 is 60.1 Å². The van der Waals surface area contributed by atoms with E-state index in [0.29, 0.717) is 28.0 Å². The van der Waals surface area contributed by atoms with E-state index < -0.39 is 36.2 Å². The molecule has 1 aliphatic heterocycles. The molecule has 2 aromatic heterocycles. The summed E-state index contributed by atoms with van der Waals surface area (Å²) in [5.41, 5.74) is 2.48. The van der Waals surface area contributed by atoms with Gasteiger partial charge >= 0.3 is 30.1 Å². The summed E-state index contributed by atoms with van der Waals surface area (Å²) in [6.45, 7) is 0. The van der Waals surface area contributed by atoms with E-state index in [1.807, 2.05) is 0 Å². The maximum absolute atomic E-state index is 12.5. The van der Waals surface area contributed by atoms with E-state index in [2.05, 4.69) is 44.4 Å². The maximum Gasteiger partial charge on any atom is 0.471 e. The van der Waals surface area contributed by atoms with Gasteiger partial charge in [0.15, 0.2) is 0 Å². The molecule has 0 saturated carbocycles. The molecule has 0 radical (unpaired) electrons. The molecule has 1 aliphatic rings. The molecule has 0 saturated heterocycles. The summed E-state index contributed by atoms with van der Waals surface area (Å²) in [6, 6.07) is 12.3. The maximum atomic E-state index is 12.5. The Hall–Kier alpha value is -5.33. The highest BCUT2D eigenvalue weighted by molar-refractivity contribution is 6.03. The fraction of sp³-hybridized carbons (Fsp3) is 0.240. The molecule has 1 unspecified atom stereocenters. The number of aliphatic hydroxyl groups excluding tert-OH is 1. The molecule has 0 fully saturated rings. The normalized spacial score (nSPS) is 14.6. The van der Waals surface area contributed by atoms with Crippen molar-refractivity contribution in [2.75, 3.05) is 14.2 Å². The lowest BCUT2D eigenvalue weighted by molar-refractivity contribution is -0.160. The molecule has 0 amide bonds. The highest BCUT2D eigenvalue weighted by Gasteiger charge is 2.39. The van der Waals surface area contributed by atoms with Gasteiger partial charge in [-0.25, -0.2) is 4.79 Å². The van der Waals surface area contributed by atoms with Gasteiger partial charge in [-0.15, -0.1) is 0 Å². The van der Waals surface area contributed by atoms with Gasteiger partial charge in [0.25, 0.3) is 0 Å². The Labute approximate surface area is 242 Å². The molecular formula is C25H20F6N6O7. The minimum atomic E-state index is -4.69. The first-order valence-electron chi connectivity index (χ1n) is 11.8. The van der Waals surface area contributed by atoms with Gasteiger partial charge in [0.1, 0.15) is 0 Å². The predicted octanol–water partition coefficient (Wildman–Crippen LogP) is 4.59. The van der Waals surface area contributed by atoms with E-state index >= 15 is 0 Å². The number of aromatic nitrogens is 4. The van der Waals surface area contributed by atoms with Gasteiger partial charge in [-0.05, 0) is 11.1 Å². The number of esters is 1. The van der Waals surface area contributed by atoms with E-state index in [4.69, 9.17) is 15.2 Å². The quantitative estimate of drug-likeness (QED) is 0.104. The van der Waals surface area contributed by atoms with Crippen molar-refractivity contribution >= 4 is 17.9 Å². The molecule has 13 nitrogen and oxygen atoms in total. The Morgan fingerprint density at radius 3 is 1.73 bits per heavy atom. The fourth-order valence-electron chi connectivity index (χ4n) is 3.31. The molecule has 44 heavy (non-hydrogen) atoms. The Bertz CT molecular complexity index is 1580. The van der Waals surface area contributed by atoms with Crippen molar-refractivity contribution in [3.05, 3.63) is 71.4 Å². The van der Waals surface area contributed by atoms with E-state index in [-0.39, 0.29) is 18.1 Å². The van der Waals surface area contributed by atoms with Crippen LogP contribution in [0, 0.1) is 0 Å². The first-order valence-corrected chi connectivity index (χ1v) is 11.8. The lowest BCUT2D eigenvalue weighted by Crippen LogP contribution is -2.22. The number of halogens is 6. The molecule has 19 heteroatoms. The SMILES string of the molecule is CO.COC(=O)C1CC(c2ccc(-c3noc(C(F)(F)F)n3)cc2)=NO1.ON=Cc1ccc(-c2noc(C(F)(F)F)n2)cc1. The number of carbonyl (C=O) groups excluding carboxylic acids is 1. The first kappa shape index (κ1) is 33.2. The third-order valence-corrected chi connectivity index (χ3v) is 5.32. The summed E-state index contributed by atoms with van der Waals surface area (Å²) < 4.78 is 86.9. The van der Waals surface area contributed by atoms with Crippen LogP contribution in [-0.4, -0.2) is 68.8 Å². The highest BCUT2D eigenvalue weighted by Crippen LogP contribution is 2.30. The van der Waals surface area contributed by atoms with Gasteiger partial charge in [-0.1, -0.05) is 69.2 Å². The van der Waals surface area contributed by atoms with Crippen molar-refractivity contribution in [2.45, 2.75) is 24.9 Å². The minimum absolute atomic E-state index is 0.158. The van der Waals surface area contributed by atoms with Crippen LogP contribution >= 0.6 is 0 Å². The topological polar surface area (TPSA) is 179 Å². The summed E-state index contributed by atoms with van der Waals surface area (Å²) in [7, 11) is 2.25. The number of rotatable bonds is 5. The van der Waals surface area contributed by atoms with Crippen molar-refractivity contribution in [1.29, 1.82) is 0 Å². The standard InChI is InChI=1S/C14H10F3N3O4.C10H6F3N3O2.CH4O/c1-22-12(21)10-6-9(19-23-10)7-2-4-8(5-3-7)11-18-13(24-20-11)14(15,16)17;11-10(12,13)9-15-8(16-18-9)7-3-1-6(2-4-7)5-14-17;1-2/h2-5,10H,6H2,1H3;1-5,17H;2H,1H3. The predicted molar refractivity (Wildman–Crippen MR) is 135 cm³/mol. The zero-order valence-corrected chi connectivity index (χ0v) is 22.4. The lowest BCUT2D eigenvalue weighted by Gasteiger charge is -2.04. The second kappa shape index (κ2) is 14.2. The van der Waals surface area contributed by atoms with Crippen molar-refractivity contribution in [2.24, 2.45) is 10.3 Å². The Balaban J connectivity index is 0.000000236. The molecule has 0 bridgehead atoms. The van der Waals surface area contributed by atoms with Crippen LogP contribution < -0.4 is 0 Å². The number of methoxy groups -OCH3 is 1. The van der Waals surface area contributed by atoms with Crippen LogP contribution in [-0.2, 0) is 26.7 Å². The molecule has 234 valence electrons. The van der Waals surface area contributed by atoms with Crippen molar-refractivity contribution in [1.82, 2.24) is 20.3 Å². The summed E-state index contributed by atoms with van der Waals surface area (Å²) in [4.78, 5) is 22.9. The summed E-state index contributed by atoms with van der Waals surface area (Å²) in [6.07, 6.45) is -8.72. The zero-order valence-electron chi connectivity index (χ0n) is 22.4. The second-order valence-corrected chi connectivity index (χ2v) is 8.15. The first-order chi connectivity index (χ1) is 20.9. The molecule has 5 rings (SSSR count). The Morgan fingerprint density at radius 1 is 0.864 bits per heavy atom. The number of benzene rings is 2. The van der Waals surface area contributed by atoms with Crippen LogP contribution in [0.3, 0.4) is 0 Å². The van der Waals surface area contributed by atoms with Crippen LogP contribution in [0.2, 0.25) is 0 Å². The summed E-state index contributed by atoms with van der Waals surface area (Å²) in [5.74, 6) is -3.66. The van der Waals surface area contributed by atoms with E-state index in [0.717, 1.165) is 7.11 Å². The molecule has 1 atom stereocenters. The zero-order chi connectivity index (χ0) is 32.5. The van der Waals surface area contributed by atoms with Gasteiger partial charge in [0.2, 0.25) is 17.8 Å². The third kappa shape index (κ3) is 8.37. The van der Waals surface area contributed by atoms with Crippen molar-refractivity contribution in [3.63, 3.8) is 0 Å². The van der Waals surface area contributed by atoms with Gasteiger partial charge in [-0.3, -0.25) is 0 Å². The number of alkyl halides is 6. The highest BCUT2D eigenvalue weighted by atomic mass is 19.4. The van der Waals surface area contributed by atoms with E-state index in [1.54, 1.807) is 24.3 Å². The van der Waals surface area contributed by atoms with Gasteiger partial charge < -0.3 is 28.9 Å². The summed E-state index contributed by atoms with van der Waals surface area (Å²) in [5, 5.41) is 28.5. The molecule has 0 aliphatic carbocycles. The molecule has 4 aromatic rings.